The number of anilines is 1. The Morgan fingerprint density at radius 3 is 2.67 bits per heavy atom. The highest BCUT2D eigenvalue weighted by Gasteiger charge is 2.23. The van der Waals surface area contributed by atoms with Gasteiger partial charge in [-0.25, -0.2) is 0 Å². The number of hydrogen-bond acceptors (Lipinski definition) is 3. The molecule has 1 aliphatic heterocycles. The Kier molecular flexibility index (Phi) is 5.06. The Morgan fingerprint density at radius 1 is 1.21 bits per heavy atom. The van der Waals surface area contributed by atoms with Crippen LogP contribution in [0.1, 0.15) is 12.5 Å². The standard InChI is InChI=1S/C18H19BrN2O3/c1-12(18(22)20-15-6-4-14(19)5-7-15)21(2)10-13-3-8-16-17(9-13)24-11-23-16/h3-9,12H,10-11H2,1-2H3,(H,20,22)/p+1/t12-/m0/s1. The van der Waals surface area contributed by atoms with Crippen molar-refractivity contribution in [2.24, 2.45) is 0 Å². The molecule has 5 nitrogen and oxygen atoms in total. The van der Waals surface area contributed by atoms with Gasteiger partial charge in [-0.05, 0) is 49.4 Å². The summed E-state index contributed by atoms with van der Waals surface area (Å²) in [5.74, 6) is 1.54. The molecule has 0 radical (unpaired) electrons. The van der Waals surface area contributed by atoms with Crippen LogP contribution in [0.4, 0.5) is 5.69 Å². The number of rotatable bonds is 5. The molecule has 2 aromatic carbocycles. The highest BCUT2D eigenvalue weighted by Crippen LogP contribution is 2.32. The van der Waals surface area contributed by atoms with Gasteiger partial charge in [-0.15, -0.1) is 0 Å². The Bertz CT molecular complexity index is 734. The molecule has 0 saturated carbocycles. The first kappa shape index (κ1) is 16.8. The van der Waals surface area contributed by atoms with Crippen LogP contribution in [0, 0.1) is 0 Å². The lowest BCUT2D eigenvalue weighted by molar-refractivity contribution is -0.907. The van der Waals surface area contributed by atoms with Crippen LogP contribution in [-0.4, -0.2) is 25.8 Å². The predicted octanol–water partition coefficient (Wildman–Crippen LogP) is 2.22. The maximum absolute atomic E-state index is 12.4. The van der Waals surface area contributed by atoms with E-state index in [2.05, 4.69) is 21.2 Å². The zero-order valence-electron chi connectivity index (χ0n) is 13.6. The molecule has 24 heavy (non-hydrogen) atoms. The van der Waals surface area contributed by atoms with E-state index in [1.54, 1.807) is 0 Å². The lowest BCUT2D eigenvalue weighted by atomic mass is 10.1. The van der Waals surface area contributed by atoms with Gasteiger partial charge in [-0.3, -0.25) is 4.79 Å². The highest BCUT2D eigenvalue weighted by molar-refractivity contribution is 9.10. The van der Waals surface area contributed by atoms with E-state index in [4.69, 9.17) is 9.47 Å². The minimum Gasteiger partial charge on any atom is -0.454 e. The number of fused-ring (bicyclic) bond motifs is 1. The van der Waals surface area contributed by atoms with Gasteiger partial charge in [0.1, 0.15) is 6.54 Å². The summed E-state index contributed by atoms with van der Waals surface area (Å²) in [6, 6.07) is 13.3. The third kappa shape index (κ3) is 3.88. The normalized spacial score (nSPS) is 15.0. The van der Waals surface area contributed by atoms with Gasteiger partial charge in [0, 0.05) is 15.7 Å². The van der Waals surface area contributed by atoms with E-state index in [1.165, 1.54) is 0 Å². The molecule has 2 aromatic rings. The van der Waals surface area contributed by atoms with Crippen LogP contribution in [0.2, 0.25) is 0 Å². The van der Waals surface area contributed by atoms with Crippen molar-refractivity contribution in [3.8, 4) is 11.5 Å². The molecular formula is C18H20BrN2O3+. The van der Waals surface area contributed by atoms with Crippen LogP contribution in [0.5, 0.6) is 11.5 Å². The van der Waals surface area contributed by atoms with Crippen molar-refractivity contribution < 1.29 is 19.2 Å². The van der Waals surface area contributed by atoms with E-state index in [-0.39, 0.29) is 18.7 Å². The zero-order chi connectivity index (χ0) is 17.1. The van der Waals surface area contributed by atoms with Gasteiger partial charge in [0.05, 0.1) is 7.05 Å². The summed E-state index contributed by atoms with van der Waals surface area (Å²) in [7, 11) is 2.01. The van der Waals surface area contributed by atoms with E-state index < -0.39 is 0 Å². The lowest BCUT2D eigenvalue weighted by Crippen LogP contribution is -3.12. The van der Waals surface area contributed by atoms with E-state index in [0.29, 0.717) is 0 Å². The first-order valence-electron chi connectivity index (χ1n) is 7.80. The number of likely N-dealkylation sites (N-methyl/N-ethyl adjacent to an activating group) is 1. The monoisotopic (exact) mass is 391 g/mol. The van der Waals surface area contributed by atoms with Crippen LogP contribution in [-0.2, 0) is 11.3 Å². The predicted molar refractivity (Wildman–Crippen MR) is 95.4 cm³/mol. The van der Waals surface area contributed by atoms with Gasteiger partial charge >= 0.3 is 0 Å². The number of hydrogen-bond donors (Lipinski definition) is 2. The molecule has 126 valence electrons. The van der Waals surface area contributed by atoms with Crippen LogP contribution in [0.25, 0.3) is 0 Å². The topological polar surface area (TPSA) is 52.0 Å². The maximum atomic E-state index is 12.4. The van der Waals surface area contributed by atoms with Crippen molar-refractivity contribution in [2.45, 2.75) is 19.5 Å². The van der Waals surface area contributed by atoms with Crippen molar-refractivity contribution >= 4 is 27.5 Å². The maximum Gasteiger partial charge on any atom is 0.282 e. The molecule has 0 aliphatic carbocycles. The number of ether oxygens (including phenoxy) is 2. The second kappa shape index (κ2) is 7.23. The summed E-state index contributed by atoms with van der Waals surface area (Å²) in [5.41, 5.74) is 1.91. The van der Waals surface area contributed by atoms with Gasteiger partial charge in [0.2, 0.25) is 6.79 Å². The molecule has 1 unspecified atom stereocenters. The van der Waals surface area contributed by atoms with Crippen molar-refractivity contribution in [3.05, 3.63) is 52.5 Å². The molecule has 0 bridgehead atoms. The van der Waals surface area contributed by atoms with Crippen LogP contribution in [0.3, 0.4) is 0 Å². The highest BCUT2D eigenvalue weighted by atomic mass is 79.9. The third-order valence-electron chi connectivity index (χ3n) is 4.16. The Morgan fingerprint density at radius 2 is 1.92 bits per heavy atom. The molecule has 1 amide bonds. The molecule has 1 heterocycles. The van der Waals surface area contributed by atoms with Crippen molar-refractivity contribution in [1.29, 1.82) is 0 Å². The lowest BCUT2D eigenvalue weighted by Gasteiger charge is -2.21. The molecular weight excluding hydrogens is 372 g/mol. The summed E-state index contributed by atoms with van der Waals surface area (Å²) < 4.78 is 11.7. The first-order chi connectivity index (χ1) is 11.5. The number of halogens is 1. The number of carbonyl (C=O) groups is 1. The number of carbonyl (C=O) groups excluding carboxylic acids is 1. The molecule has 6 heteroatoms. The van der Waals surface area contributed by atoms with Crippen LogP contribution < -0.4 is 19.7 Å². The number of amides is 1. The Hall–Kier alpha value is -2.05. The molecule has 0 saturated heterocycles. The first-order valence-corrected chi connectivity index (χ1v) is 8.59. The molecule has 0 fully saturated rings. The van der Waals surface area contributed by atoms with Gasteiger partial charge in [0.25, 0.3) is 5.91 Å². The molecule has 1 aliphatic rings. The van der Waals surface area contributed by atoms with E-state index in [1.807, 2.05) is 56.4 Å². The smallest absolute Gasteiger partial charge is 0.282 e. The average molecular weight is 392 g/mol. The quantitative estimate of drug-likeness (QED) is 0.821. The number of benzene rings is 2. The minimum atomic E-state index is -0.181. The fourth-order valence-corrected chi connectivity index (χ4v) is 2.80. The van der Waals surface area contributed by atoms with E-state index in [9.17, 15) is 4.79 Å². The van der Waals surface area contributed by atoms with Gasteiger partial charge < -0.3 is 19.7 Å². The second-order valence-electron chi connectivity index (χ2n) is 5.93. The summed E-state index contributed by atoms with van der Waals surface area (Å²) >= 11 is 3.39. The Balaban J connectivity index is 1.60. The van der Waals surface area contributed by atoms with Crippen LogP contribution >= 0.6 is 15.9 Å². The summed E-state index contributed by atoms with van der Waals surface area (Å²) in [5, 5.41) is 2.95. The molecule has 2 atom stereocenters. The van der Waals surface area contributed by atoms with E-state index >= 15 is 0 Å². The average Bonchev–Trinajstić information content (AvgIpc) is 3.03. The van der Waals surface area contributed by atoms with Gasteiger partial charge in [-0.1, -0.05) is 15.9 Å². The molecule has 0 spiro atoms. The number of quaternary nitrogens is 1. The van der Waals surface area contributed by atoms with E-state index in [0.717, 1.165) is 38.7 Å². The molecule has 2 N–H and O–H groups in total. The zero-order valence-corrected chi connectivity index (χ0v) is 15.2. The fraction of sp³-hybridized carbons (Fsp3) is 0.278. The fourth-order valence-electron chi connectivity index (χ4n) is 2.53. The molecule has 0 aromatic heterocycles. The second-order valence-corrected chi connectivity index (χ2v) is 6.84. The van der Waals surface area contributed by atoms with Gasteiger partial charge in [0.15, 0.2) is 17.5 Å². The largest absolute Gasteiger partial charge is 0.454 e. The Labute approximate surface area is 149 Å². The van der Waals surface area contributed by atoms with Crippen molar-refractivity contribution in [3.63, 3.8) is 0 Å². The summed E-state index contributed by atoms with van der Waals surface area (Å²) in [6.07, 6.45) is 0. The van der Waals surface area contributed by atoms with Crippen molar-refractivity contribution in [1.82, 2.24) is 0 Å². The number of nitrogens with one attached hydrogen (secondary N) is 2. The van der Waals surface area contributed by atoms with Crippen molar-refractivity contribution in [2.75, 3.05) is 19.2 Å². The SMILES string of the molecule is C[C@@H](C(=O)Nc1ccc(Br)cc1)[NH+](C)Cc1ccc2c(c1)OCO2. The van der Waals surface area contributed by atoms with Gasteiger partial charge in [-0.2, -0.15) is 0 Å². The molecule has 3 rings (SSSR count). The summed E-state index contributed by atoms with van der Waals surface area (Å²) in [6.45, 7) is 2.93. The third-order valence-corrected chi connectivity index (χ3v) is 4.69. The van der Waals surface area contributed by atoms with Crippen LogP contribution in [0.15, 0.2) is 46.9 Å². The minimum absolute atomic E-state index is 0.00411. The summed E-state index contributed by atoms with van der Waals surface area (Å²) in [4.78, 5) is 13.5.